The highest BCUT2D eigenvalue weighted by Gasteiger charge is 2.14. The maximum atomic E-state index is 13.8. The van der Waals surface area contributed by atoms with E-state index in [0.717, 1.165) is 0 Å². The number of nitro groups is 1. The quantitative estimate of drug-likeness (QED) is 0.111. The lowest BCUT2D eigenvalue weighted by Gasteiger charge is -2.12. The molecule has 33 heavy (non-hydrogen) atoms. The summed E-state index contributed by atoms with van der Waals surface area (Å²) in [5, 5.41) is 22.8. The second-order valence-electron chi connectivity index (χ2n) is 6.63. The largest absolute Gasteiger partial charge is 0.486 e. The standard InChI is InChI=1S/C23H14BrFIN3O4/c24-19-9-14(10-21(26)22(19)33-13-15-4-1-2-7-20(15)25)8-16(12-27)23(30)28-17-5-3-6-18(11-17)29(31)32/h1-11H,13H2,(H,28,30)/b16-8+. The lowest BCUT2D eigenvalue weighted by atomic mass is 10.1. The first-order valence-electron chi connectivity index (χ1n) is 9.31. The highest BCUT2D eigenvalue weighted by molar-refractivity contribution is 14.1. The van der Waals surface area contributed by atoms with E-state index in [9.17, 15) is 24.6 Å². The zero-order valence-electron chi connectivity index (χ0n) is 16.7. The van der Waals surface area contributed by atoms with Gasteiger partial charge in [-0.25, -0.2) is 4.39 Å². The molecule has 0 atom stereocenters. The fraction of sp³-hybridized carbons (Fsp3) is 0.0435. The molecule has 166 valence electrons. The molecule has 0 heterocycles. The highest BCUT2D eigenvalue weighted by atomic mass is 127. The van der Waals surface area contributed by atoms with Crippen LogP contribution in [0.3, 0.4) is 0 Å². The van der Waals surface area contributed by atoms with Gasteiger partial charge in [0.1, 0.15) is 29.8 Å². The zero-order valence-corrected chi connectivity index (χ0v) is 20.5. The van der Waals surface area contributed by atoms with Crippen molar-refractivity contribution in [2.45, 2.75) is 6.61 Å². The number of nitrogens with zero attached hydrogens (tertiary/aromatic N) is 2. The Kier molecular flexibility index (Phi) is 8.13. The third-order valence-electron chi connectivity index (χ3n) is 4.34. The fourth-order valence-electron chi connectivity index (χ4n) is 2.78. The van der Waals surface area contributed by atoms with Crippen LogP contribution in [0, 0.1) is 30.8 Å². The van der Waals surface area contributed by atoms with Crippen LogP contribution >= 0.6 is 38.5 Å². The van der Waals surface area contributed by atoms with Gasteiger partial charge < -0.3 is 10.1 Å². The van der Waals surface area contributed by atoms with Crippen LogP contribution in [0.15, 0.2) is 70.7 Å². The van der Waals surface area contributed by atoms with E-state index < -0.39 is 10.8 Å². The summed E-state index contributed by atoms with van der Waals surface area (Å²) in [6.45, 7) is 0.0333. The van der Waals surface area contributed by atoms with E-state index in [1.54, 1.807) is 30.3 Å². The lowest BCUT2D eigenvalue weighted by molar-refractivity contribution is -0.384. The molecular formula is C23H14BrFIN3O4. The van der Waals surface area contributed by atoms with Gasteiger partial charge in [0.2, 0.25) is 0 Å². The van der Waals surface area contributed by atoms with Gasteiger partial charge in [-0.05, 0) is 74.4 Å². The number of carbonyl (C=O) groups is 1. The first-order valence-corrected chi connectivity index (χ1v) is 11.2. The first-order chi connectivity index (χ1) is 15.8. The van der Waals surface area contributed by atoms with Crippen molar-refractivity contribution in [2.24, 2.45) is 0 Å². The zero-order chi connectivity index (χ0) is 24.0. The molecule has 0 aliphatic carbocycles. The van der Waals surface area contributed by atoms with Crippen molar-refractivity contribution >= 4 is 61.9 Å². The summed E-state index contributed by atoms with van der Waals surface area (Å²) in [4.78, 5) is 22.8. The molecule has 3 aromatic rings. The van der Waals surface area contributed by atoms with Crippen molar-refractivity contribution in [3.63, 3.8) is 0 Å². The van der Waals surface area contributed by atoms with Gasteiger partial charge in [0.15, 0.2) is 0 Å². The van der Waals surface area contributed by atoms with Crippen molar-refractivity contribution in [2.75, 3.05) is 5.32 Å². The second-order valence-corrected chi connectivity index (χ2v) is 8.64. The molecule has 0 spiro atoms. The number of hydrogen-bond donors (Lipinski definition) is 1. The van der Waals surface area contributed by atoms with Crippen LogP contribution in [0.5, 0.6) is 5.75 Å². The van der Waals surface area contributed by atoms with E-state index in [0.29, 0.717) is 24.9 Å². The molecule has 0 fully saturated rings. The summed E-state index contributed by atoms with van der Waals surface area (Å²) in [5.41, 5.74) is 0.788. The number of hydrogen-bond acceptors (Lipinski definition) is 5. The summed E-state index contributed by atoms with van der Waals surface area (Å²) < 4.78 is 20.8. The number of anilines is 1. The van der Waals surface area contributed by atoms with Crippen LogP contribution in [0.25, 0.3) is 6.08 Å². The Labute approximate surface area is 210 Å². The van der Waals surface area contributed by atoms with Crippen LogP contribution in [0.4, 0.5) is 15.8 Å². The Balaban J connectivity index is 1.79. The third kappa shape index (κ3) is 6.36. The van der Waals surface area contributed by atoms with Crippen LogP contribution in [0.2, 0.25) is 0 Å². The molecule has 0 unspecified atom stereocenters. The Morgan fingerprint density at radius 2 is 2.00 bits per heavy atom. The summed E-state index contributed by atoms with van der Waals surface area (Å²) >= 11 is 5.46. The maximum absolute atomic E-state index is 13.8. The predicted octanol–water partition coefficient (Wildman–Crippen LogP) is 6.23. The monoisotopic (exact) mass is 621 g/mol. The van der Waals surface area contributed by atoms with Crippen molar-refractivity contribution in [1.82, 2.24) is 0 Å². The third-order valence-corrected chi connectivity index (χ3v) is 5.73. The average Bonchev–Trinajstić information content (AvgIpc) is 2.78. The molecule has 0 saturated carbocycles. The van der Waals surface area contributed by atoms with Crippen LogP contribution in [0.1, 0.15) is 11.1 Å². The Hall–Kier alpha value is -3.30. The van der Waals surface area contributed by atoms with E-state index >= 15 is 0 Å². The minimum atomic E-state index is -0.705. The van der Waals surface area contributed by atoms with Gasteiger partial charge in [-0.1, -0.05) is 24.3 Å². The normalized spacial score (nSPS) is 10.9. The van der Waals surface area contributed by atoms with Crippen LogP contribution in [-0.4, -0.2) is 10.8 Å². The lowest BCUT2D eigenvalue weighted by Crippen LogP contribution is -2.13. The fourth-order valence-corrected chi connectivity index (χ4v) is 4.55. The van der Waals surface area contributed by atoms with Crippen LogP contribution in [-0.2, 0) is 11.4 Å². The average molecular weight is 622 g/mol. The van der Waals surface area contributed by atoms with E-state index in [2.05, 4.69) is 21.2 Å². The molecule has 0 aliphatic rings. The molecule has 1 N–H and O–H groups in total. The number of amides is 1. The van der Waals surface area contributed by atoms with E-state index in [4.69, 9.17) is 4.74 Å². The van der Waals surface area contributed by atoms with Gasteiger partial charge in [0, 0.05) is 23.4 Å². The number of ether oxygens (including phenoxy) is 1. The molecule has 0 aromatic heterocycles. The minimum absolute atomic E-state index is 0.0333. The molecule has 0 aliphatic heterocycles. The summed E-state index contributed by atoms with van der Waals surface area (Å²) in [6.07, 6.45) is 1.39. The second kappa shape index (κ2) is 11.0. The topological polar surface area (TPSA) is 105 Å². The highest BCUT2D eigenvalue weighted by Crippen LogP contribution is 2.33. The smallest absolute Gasteiger partial charge is 0.271 e. The van der Waals surface area contributed by atoms with Gasteiger partial charge in [-0.3, -0.25) is 14.9 Å². The Morgan fingerprint density at radius 3 is 2.67 bits per heavy atom. The van der Waals surface area contributed by atoms with Gasteiger partial charge in [-0.2, -0.15) is 5.26 Å². The predicted molar refractivity (Wildman–Crippen MR) is 133 cm³/mol. The summed E-state index contributed by atoms with van der Waals surface area (Å²) in [5.74, 6) is -0.573. The molecule has 7 nitrogen and oxygen atoms in total. The molecule has 0 radical (unpaired) electrons. The number of nitrogens with one attached hydrogen (secondary N) is 1. The molecule has 0 bridgehead atoms. The van der Waals surface area contributed by atoms with E-state index in [-0.39, 0.29) is 29.4 Å². The molecule has 3 aromatic carbocycles. The summed E-state index contributed by atoms with van der Waals surface area (Å²) in [6, 6.07) is 16.9. The number of non-ortho nitro benzene ring substituents is 1. The number of rotatable bonds is 7. The van der Waals surface area contributed by atoms with Gasteiger partial charge in [0.25, 0.3) is 11.6 Å². The van der Waals surface area contributed by atoms with Gasteiger partial charge in [-0.15, -0.1) is 0 Å². The molecule has 1 amide bonds. The van der Waals surface area contributed by atoms with Crippen molar-refractivity contribution in [3.05, 3.63) is 101 Å². The van der Waals surface area contributed by atoms with Crippen molar-refractivity contribution in [1.29, 1.82) is 5.26 Å². The number of nitriles is 1. The first kappa shape index (κ1) is 24.3. The molecule has 0 saturated heterocycles. The molecular weight excluding hydrogens is 608 g/mol. The minimum Gasteiger partial charge on any atom is -0.486 e. The van der Waals surface area contributed by atoms with E-state index in [1.165, 1.54) is 36.4 Å². The Morgan fingerprint density at radius 1 is 1.24 bits per heavy atom. The van der Waals surface area contributed by atoms with Gasteiger partial charge >= 0.3 is 0 Å². The van der Waals surface area contributed by atoms with Gasteiger partial charge in [0.05, 0.1) is 13.0 Å². The van der Waals surface area contributed by atoms with Crippen molar-refractivity contribution in [3.8, 4) is 11.8 Å². The number of benzene rings is 3. The Bertz CT molecular complexity index is 1280. The van der Waals surface area contributed by atoms with E-state index in [1.807, 2.05) is 28.7 Å². The molecule has 10 heteroatoms. The number of nitro benzene ring substituents is 1. The maximum Gasteiger partial charge on any atom is 0.271 e. The number of halogens is 3. The number of carbonyl (C=O) groups excluding carboxylic acids is 1. The summed E-state index contributed by atoms with van der Waals surface area (Å²) in [7, 11) is 0. The molecule has 3 rings (SSSR count). The van der Waals surface area contributed by atoms with Crippen LogP contribution < -0.4 is 10.1 Å². The van der Waals surface area contributed by atoms with Crippen molar-refractivity contribution < 1.29 is 18.8 Å². The SMILES string of the molecule is N#C/C(=C\c1cc(Br)c(OCc2ccccc2F)c(I)c1)C(=O)Nc1cccc([N+](=O)[O-])c1.